The summed E-state index contributed by atoms with van der Waals surface area (Å²) in [4.78, 5) is 36.5. The van der Waals surface area contributed by atoms with Crippen LogP contribution in [0.15, 0.2) is 36.5 Å². The fourth-order valence-electron chi connectivity index (χ4n) is 3.29. The first-order valence-corrected chi connectivity index (χ1v) is 9.38. The third kappa shape index (κ3) is 5.17. The molecule has 2 unspecified atom stereocenters. The number of benzene rings is 1. The first-order chi connectivity index (χ1) is 14.0. The zero-order chi connectivity index (χ0) is 20.7. The molecule has 1 fully saturated rings. The topological polar surface area (TPSA) is 127 Å². The lowest BCUT2D eigenvalue weighted by atomic mass is 9.81. The molecule has 29 heavy (non-hydrogen) atoms. The van der Waals surface area contributed by atoms with Gasteiger partial charge in [0.1, 0.15) is 0 Å². The standard InChI is InChI=1S/C19H24N6O4/c1-19(23-18(28)21-13-26,14-6-5-9-29-11-14)12-20-17(27)16-10-22-25(24-16)15-7-3-2-4-8-15/h2-4,7-8,10,13-14H,5-6,9,11-12H2,1H3,(H,20,27)(H2,21,23,26,28). The molecule has 2 atom stereocenters. The van der Waals surface area contributed by atoms with Crippen molar-refractivity contribution in [1.82, 2.24) is 30.9 Å². The molecule has 3 rings (SSSR count). The second kappa shape index (κ2) is 9.28. The predicted octanol–water partition coefficient (Wildman–Crippen LogP) is 0.638. The highest BCUT2D eigenvalue weighted by Crippen LogP contribution is 2.26. The Morgan fingerprint density at radius 3 is 2.83 bits per heavy atom. The molecule has 1 aromatic carbocycles. The summed E-state index contributed by atoms with van der Waals surface area (Å²) in [6.07, 6.45) is 3.39. The van der Waals surface area contributed by atoms with Gasteiger partial charge in [0, 0.05) is 19.1 Å². The molecule has 0 aliphatic carbocycles. The van der Waals surface area contributed by atoms with Crippen LogP contribution in [0.4, 0.5) is 4.79 Å². The highest BCUT2D eigenvalue weighted by Gasteiger charge is 2.37. The van der Waals surface area contributed by atoms with Gasteiger partial charge < -0.3 is 15.4 Å². The van der Waals surface area contributed by atoms with E-state index in [2.05, 4.69) is 26.1 Å². The van der Waals surface area contributed by atoms with Crippen molar-refractivity contribution >= 4 is 18.3 Å². The number of rotatable bonds is 7. The van der Waals surface area contributed by atoms with E-state index in [4.69, 9.17) is 4.74 Å². The number of carbonyl (C=O) groups excluding carboxylic acids is 3. The maximum atomic E-state index is 12.6. The number of urea groups is 1. The van der Waals surface area contributed by atoms with E-state index >= 15 is 0 Å². The molecule has 0 spiro atoms. The lowest BCUT2D eigenvalue weighted by Gasteiger charge is -2.40. The van der Waals surface area contributed by atoms with Gasteiger partial charge in [0.05, 0.1) is 24.0 Å². The van der Waals surface area contributed by atoms with Crippen molar-refractivity contribution in [2.75, 3.05) is 19.8 Å². The van der Waals surface area contributed by atoms with Crippen molar-refractivity contribution < 1.29 is 19.1 Å². The number of imide groups is 1. The van der Waals surface area contributed by atoms with Crippen LogP contribution >= 0.6 is 0 Å². The van der Waals surface area contributed by atoms with Gasteiger partial charge in [-0.05, 0) is 31.9 Å². The summed E-state index contributed by atoms with van der Waals surface area (Å²) >= 11 is 0. The van der Waals surface area contributed by atoms with Crippen LogP contribution < -0.4 is 16.0 Å². The molecule has 1 saturated heterocycles. The molecule has 1 aromatic heterocycles. The maximum absolute atomic E-state index is 12.6. The van der Waals surface area contributed by atoms with Crippen LogP contribution in [0.5, 0.6) is 0 Å². The molecule has 3 N–H and O–H groups in total. The molecular formula is C19H24N6O4. The Hall–Kier alpha value is -3.27. The van der Waals surface area contributed by atoms with Crippen molar-refractivity contribution in [3.05, 3.63) is 42.2 Å². The van der Waals surface area contributed by atoms with E-state index < -0.39 is 17.5 Å². The smallest absolute Gasteiger partial charge is 0.321 e. The Morgan fingerprint density at radius 2 is 2.14 bits per heavy atom. The first-order valence-electron chi connectivity index (χ1n) is 9.38. The van der Waals surface area contributed by atoms with E-state index in [1.54, 1.807) is 0 Å². The van der Waals surface area contributed by atoms with Gasteiger partial charge in [0.15, 0.2) is 5.69 Å². The van der Waals surface area contributed by atoms with Crippen molar-refractivity contribution in [3.8, 4) is 5.69 Å². The average Bonchev–Trinajstić information content (AvgIpc) is 3.24. The van der Waals surface area contributed by atoms with Crippen LogP contribution in [0.1, 0.15) is 30.3 Å². The van der Waals surface area contributed by atoms with E-state index in [0.29, 0.717) is 19.6 Å². The van der Waals surface area contributed by atoms with E-state index in [9.17, 15) is 14.4 Å². The zero-order valence-electron chi connectivity index (χ0n) is 16.1. The molecule has 2 heterocycles. The third-order valence-corrected chi connectivity index (χ3v) is 4.98. The minimum absolute atomic E-state index is 0.0195. The number of hydrogen-bond donors (Lipinski definition) is 3. The summed E-state index contributed by atoms with van der Waals surface area (Å²) in [5.74, 6) is -0.429. The van der Waals surface area contributed by atoms with Gasteiger partial charge in [-0.2, -0.15) is 9.90 Å². The zero-order valence-corrected chi connectivity index (χ0v) is 16.1. The SMILES string of the molecule is CC(CNC(=O)c1cnn(-c2ccccc2)n1)(NC(=O)NC=O)C1CCCOC1. The first kappa shape index (κ1) is 20.5. The number of hydrogen-bond acceptors (Lipinski definition) is 6. The number of para-hydroxylation sites is 1. The van der Waals surface area contributed by atoms with Crippen LogP contribution in [0.2, 0.25) is 0 Å². The molecule has 10 heteroatoms. The summed E-state index contributed by atoms with van der Waals surface area (Å²) in [5, 5.41) is 16.0. The van der Waals surface area contributed by atoms with E-state index in [0.717, 1.165) is 18.5 Å². The molecule has 0 radical (unpaired) electrons. The van der Waals surface area contributed by atoms with Crippen LogP contribution in [0.3, 0.4) is 0 Å². The van der Waals surface area contributed by atoms with Gasteiger partial charge in [0.25, 0.3) is 5.91 Å². The van der Waals surface area contributed by atoms with Crippen molar-refractivity contribution in [2.45, 2.75) is 25.3 Å². The van der Waals surface area contributed by atoms with Crippen molar-refractivity contribution in [2.24, 2.45) is 5.92 Å². The number of aromatic nitrogens is 3. The monoisotopic (exact) mass is 400 g/mol. The van der Waals surface area contributed by atoms with Crippen molar-refractivity contribution in [3.63, 3.8) is 0 Å². The Kier molecular flexibility index (Phi) is 6.55. The fraction of sp³-hybridized carbons (Fsp3) is 0.421. The van der Waals surface area contributed by atoms with Gasteiger partial charge >= 0.3 is 6.03 Å². The third-order valence-electron chi connectivity index (χ3n) is 4.98. The average molecular weight is 400 g/mol. The normalized spacial score (nSPS) is 18.3. The van der Waals surface area contributed by atoms with Gasteiger partial charge in [-0.3, -0.25) is 14.9 Å². The predicted molar refractivity (Wildman–Crippen MR) is 103 cm³/mol. The molecule has 0 saturated carbocycles. The summed E-state index contributed by atoms with van der Waals surface area (Å²) in [5.41, 5.74) is 0.0925. The quantitative estimate of drug-likeness (QED) is 0.585. The molecule has 2 aromatic rings. The second-order valence-electron chi connectivity index (χ2n) is 7.09. The highest BCUT2D eigenvalue weighted by molar-refractivity contribution is 5.92. The van der Waals surface area contributed by atoms with Gasteiger partial charge in [0.2, 0.25) is 6.41 Å². The molecule has 4 amide bonds. The Morgan fingerprint density at radius 1 is 1.34 bits per heavy atom. The van der Waals surface area contributed by atoms with E-state index in [1.165, 1.54) is 11.0 Å². The van der Waals surface area contributed by atoms with Crippen LogP contribution in [-0.2, 0) is 9.53 Å². The number of nitrogens with zero attached hydrogens (tertiary/aromatic N) is 3. The Labute approximate surface area is 168 Å². The lowest BCUT2D eigenvalue weighted by Crippen LogP contribution is -2.61. The summed E-state index contributed by atoms with van der Waals surface area (Å²) < 4.78 is 5.53. The number of ether oxygens (including phenoxy) is 1. The van der Waals surface area contributed by atoms with Gasteiger partial charge in [-0.25, -0.2) is 4.79 Å². The molecule has 1 aliphatic rings. The van der Waals surface area contributed by atoms with E-state index in [1.807, 2.05) is 37.3 Å². The minimum Gasteiger partial charge on any atom is -0.381 e. The maximum Gasteiger partial charge on any atom is 0.321 e. The molecule has 10 nitrogen and oxygen atoms in total. The number of nitrogens with one attached hydrogen (secondary N) is 3. The Bertz CT molecular complexity index is 849. The number of amides is 4. The fourth-order valence-corrected chi connectivity index (χ4v) is 3.29. The Balaban J connectivity index is 1.68. The lowest BCUT2D eigenvalue weighted by molar-refractivity contribution is -0.108. The largest absolute Gasteiger partial charge is 0.381 e. The molecule has 1 aliphatic heterocycles. The second-order valence-corrected chi connectivity index (χ2v) is 7.09. The van der Waals surface area contributed by atoms with Gasteiger partial charge in [-0.15, -0.1) is 5.10 Å². The van der Waals surface area contributed by atoms with E-state index in [-0.39, 0.29) is 18.2 Å². The highest BCUT2D eigenvalue weighted by atomic mass is 16.5. The summed E-state index contributed by atoms with van der Waals surface area (Å²) in [6.45, 7) is 3.09. The molecule has 154 valence electrons. The van der Waals surface area contributed by atoms with Crippen LogP contribution in [0, 0.1) is 5.92 Å². The van der Waals surface area contributed by atoms with Crippen LogP contribution in [0.25, 0.3) is 5.69 Å². The molecule has 0 bridgehead atoms. The van der Waals surface area contributed by atoms with Crippen molar-refractivity contribution in [1.29, 1.82) is 0 Å². The van der Waals surface area contributed by atoms with Crippen LogP contribution in [-0.4, -0.2) is 58.6 Å². The minimum atomic E-state index is -0.807. The van der Waals surface area contributed by atoms with Gasteiger partial charge in [-0.1, -0.05) is 18.2 Å². The summed E-state index contributed by atoms with van der Waals surface area (Å²) in [7, 11) is 0. The number of carbonyl (C=O) groups is 3. The summed E-state index contributed by atoms with van der Waals surface area (Å²) in [6, 6.07) is 8.62. The molecular weight excluding hydrogens is 376 g/mol.